The molecule has 1 aromatic carbocycles. The zero-order chi connectivity index (χ0) is 12.4. The highest BCUT2D eigenvalue weighted by molar-refractivity contribution is 5.48. The van der Waals surface area contributed by atoms with Crippen LogP contribution < -0.4 is 14.8 Å². The van der Waals surface area contributed by atoms with Gasteiger partial charge in [0.1, 0.15) is 0 Å². The maximum absolute atomic E-state index is 5.51. The van der Waals surface area contributed by atoms with Crippen LogP contribution in [0.5, 0.6) is 11.5 Å². The highest BCUT2D eigenvalue weighted by Crippen LogP contribution is 2.35. The number of hydrogen-bond donors (Lipinski definition) is 1. The summed E-state index contributed by atoms with van der Waals surface area (Å²) in [6, 6.07) is 6.10. The molecule has 2 unspecified atom stereocenters. The molecule has 0 radical (unpaired) electrons. The maximum Gasteiger partial charge on any atom is 0.231 e. The standard InChI is InChI=1S/C15H21NO2/c1-11-4-2-5-12(11)8-16-9-13-6-3-7-14-15(13)18-10-17-14/h3,6-7,11-12,16H,2,4-5,8-10H2,1H3. The summed E-state index contributed by atoms with van der Waals surface area (Å²) in [4.78, 5) is 0. The summed E-state index contributed by atoms with van der Waals surface area (Å²) in [5.41, 5.74) is 1.20. The van der Waals surface area contributed by atoms with Gasteiger partial charge in [-0.2, -0.15) is 0 Å². The molecule has 1 saturated carbocycles. The Balaban J connectivity index is 1.56. The maximum atomic E-state index is 5.51. The van der Waals surface area contributed by atoms with Crippen molar-refractivity contribution in [1.82, 2.24) is 5.32 Å². The lowest BCUT2D eigenvalue weighted by atomic mass is 9.98. The van der Waals surface area contributed by atoms with Crippen LogP contribution in [-0.4, -0.2) is 13.3 Å². The Labute approximate surface area is 108 Å². The van der Waals surface area contributed by atoms with Gasteiger partial charge in [0.15, 0.2) is 11.5 Å². The lowest BCUT2D eigenvalue weighted by molar-refractivity contribution is 0.173. The van der Waals surface area contributed by atoms with Crippen molar-refractivity contribution < 1.29 is 9.47 Å². The van der Waals surface area contributed by atoms with E-state index in [-0.39, 0.29) is 0 Å². The highest BCUT2D eigenvalue weighted by Gasteiger charge is 2.23. The van der Waals surface area contributed by atoms with E-state index in [4.69, 9.17) is 9.47 Å². The van der Waals surface area contributed by atoms with Crippen molar-refractivity contribution in [1.29, 1.82) is 0 Å². The number of benzene rings is 1. The quantitative estimate of drug-likeness (QED) is 0.887. The summed E-state index contributed by atoms with van der Waals surface area (Å²) < 4.78 is 10.9. The fourth-order valence-corrected chi connectivity index (χ4v) is 3.05. The Hall–Kier alpha value is -1.22. The number of hydrogen-bond acceptors (Lipinski definition) is 3. The smallest absolute Gasteiger partial charge is 0.231 e. The molecule has 18 heavy (non-hydrogen) atoms. The predicted octanol–water partition coefficient (Wildman–Crippen LogP) is 2.94. The van der Waals surface area contributed by atoms with Gasteiger partial charge < -0.3 is 14.8 Å². The van der Waals surface area contributed by atoms with Gasteiger partial charge in [-0.15, -0.1) is 0 Å². The molecule has 1 aliphatic carbocycles. The van der Waals surface area contributed by atoms with Crippen molar-refractivity contribution in [3.63, 3.8) is 0 Å². The van der Waals surface area contributed by atoms with Crippen molar-refractivity contribution in [3.8, 4) is 11.5 Å². The van der Waals surface area contributed by atoms with Gasteiger partial charge in [-0.1, -0.05) is 31.9 Å². The first-order valence-electron chi connectivity index (χ1n) is 6.93. The van der Waals surface area contributed by atoms with Crippen LogP contribution in [0.1, 0.15) is 31.7 Å². The van der Waals surface area contributed by atoms with Gasteiger partial charge in [0.2, 0.25) is 6.79 Å². The van der Waals surface area contributed by atoms with E-state index in [0.717, 1.165) is 36.4 Å². The van der Waals surface area contributed by atoms with Gasteiger partial charge >= 0.3 is 0 Å². The molecule has 3 nitrogen and oxygen atoms in total. The molecule has 1 heterocycles. The fourth-order valence-electron chi connectivity index (χ4n) is 3.05. The van der Waals surface area contributed by atoms with Gasteiger partial charge in [-0.05, 0) is 30.9 Å². The summed E-state index contributed by atoms with van der Waals surface area (Å²) in [6.45, 7) is 4.71. The van der Waals surface area contributed by atoms with E-state index >= 15 is 0 Å². The SMILES string of the molecule is CC1CCCC1CNCc1cccc2c1OCO2. The molecule has 0 saturated heterocycles. The van der Waals surface area contributed by atoms with Gasteiger partial charge in [0.25, 0.3) is 0 Å². The van der Waals surface area contributed by atoms with Gasteiger partial charge in [-0.3, -0.25) is 0 Å². The van der Waals surface area contributed by atoms with Crippen LogP contribution in [0.15, 0.2) is 18.2 Å². The average molecular weight is 247 g/mol. The Bertz CT molecular complexity index is 419. The van der Waals surface area contributed by atoms with Crippen LogP contribution in [0.2, 0.25) is 0 Å². The first-order valence-corrected chi connectivity index (χ1v) is 6.93. The monoisotopic (exact) mass is 247 g/mol. The highest BCUT2D eigenvalue weighted by atomic mass is 16.7. The number of ether oxygens (including phenoxy) is 2. The van der Waals surface area contributed by atoms with Crippen LogP contribution in [0.4, 0.5) is 0 Å². The molecule has 98 valence electrons. The molecule has 3 rings (SSSR count). The molecule has 2 atom stereocenters. The zero-order valence-corrected chi connectivity index (χ0v) is 10.9. The molecule has 1 fully saturated rings. The van der Waals surface area contributed by atoms with Crippen LogP contribution >= 0.6 is 0 Å². The molecule has 1 N–H and O–H groups in total. The van der Waals surface area contributed by atoms with E-state index in [0.29, 0.717) is 6.79 Å². The van der Waals surface area contributed by atoms with Crippen LogP contribution in [-0.2, 0) is 6.54 Å². The van der Waals surface area contributed by atoms with Crippen LogP contribution in [0.3, 0.4) is 0 Å². The molecule has 0 aromatic heterocycles. The van der Waals surface area contributed by atoms with E-state index in [1.54, 1.807) is 0 Å². The Morgan fingerprint density at radius 2 is 2.22 bits per heavy atom. The summed E-state index contributed by atoms with van der Waals surface area (Å²) in [7, 11) is 0. The summed E-state index contributed by atoms with van der Waals surface area (Å²) >= 11 is 0. The van der Waals surface area contributed by atoms with Gasteiger partial charge in [0, 0.05) is 12.1 Å². The molecule has 1 aromatic rings. The van der Waals surface area contributed by atoms with E-state index in [1.165, 1.54) is 24.8 Å². The third kappa shape index (κ3) is 2.32. The predicted molar refractivity (Wildman–Crippen MR) is 70.8 cm³/mol. The molecule has 0 bridgehead atoms. The number of fused-ring (bicyclic) bond motifs is 1. The first kappa shape index (κ1) is 11.8. The van der Waals surface area contributed by atoms with Crippen molar-refractivity contribution in [2.45, 2.75) is 32.7 Å². The normalized spacial score (nSPS) is 25.6. The Kier molecular flexibility index (Phi) is 3.41. The fraction of sp³-hybridized carbons (Fsp3) is 0.600. The third-order valence-corrected chi connectivity index (χ3v) is 4.24. The Morgan fingerprint density at radius 1 is 1.28 bits per heavy atom. The van der Waals surface area contributed by atoms with Gasteiger partial charge in [0.05, 0.1) is 0 Å². The van der Waals surface area contributed by atoms with Crippen molar-refractivity contribution in [2.24, 2.45) is 11.8 Å². The van der Waals surface area contributed by atoms with Crippen molar-refractivity contribution in [3.05, 3.63) is 23.8 Å². The number of para-hydroxylation sites is 1. The second kappa shape index (κ2) is 5.19. The molecule has 2 aliphatic rings. The second-order valence-corrected chi connectivity index (χ2v) is 5.45. The lowest BCUT2D eigenvalue weighted by Gasteiger charge is -2.16. The summed E-state index contributed by atoms with van der Waals surface area (Å²) in [5, 5.41) is 3.57. The van der Waals surface area contributed by atoms with E-state index in [9.17, 15) is 0 Å². The summed E-state index contributed by atoms with van der Waals surface area (Å²) in [5.74, 6) is 3.52. The molecular formula is C15H21NO2. The van der Waals surface area contributed by atoms with Gasteiger partial charge in [-0.25, -0.2) is 0 Å². The molecule has 1 aliphatic heterocycles. The van der Waals surface area contributed by atoms with Crippen LogP contribution in [0.25, 0.3) is 0 Å². The third-order valence-electron chi connectivity index (χ3n) is 4.24. The number of rotatable bonds is 4. The minimum atomic E-state index is 0.353. The molecular weight excluding hydrogens is 226 g/mol. The van der Waals surface area contributed by atoms with Crippen LogP contribution in [0, 0.1) is 11.8 Å². The second-order valence-electron chi connectivity index (χ2n) is 5.45. The molecule has 0 amide bonds. The average Bonchev–Trinajstić information content (AvgIpc) is 2.99. The molecule has 3 heteroatoms. The van der Waals surface area contributed by atoms with Crippen molar-refractivity contribution >= 4 is 0 Å². The summed E-state index contributed by atoms with van der Waals surface area (Å²) in [6.07, 6.45) is 4.16. The zero-order valence-electron chi connectivity index (χ0n) is 10.9. The first-order chi connectivity index (χ1) is 8.84. The topological polar surface area (TPSA) is 30.5 Å². The minimum absolute atomic E-state index is 0.353. The van der Waals surface area contributed by atoms with Crippen molar-refractivity contribution in [2.75, 3.05) is 13.3 Å². The minimum Gasteiger partial charge on any atom is -0.454 e. The molecule has 0 spiro atoms. The van der Waals surface area contributed by atoms with E-state index in [2.05, 4.69) is 18.3 Å². The number of nitrogens with one attached hydrogen (secondary N) is 1. The lowest BCUT2D eigenvalue weighted by Crippen LogP contribution is -2.24. The largest absolute Gasteiger partial charge is 0.454 e. The van der Waals surface area contributed by atoms with E-state index in [1.807, 2.05) is 12.1 Å². The van der Waals surface area contributed by atoms with E-state index < -0.39 is 0 Å². The Morgan fingerprint density at radius 3 is 3.06 bits per heavy atom.